The van der Waals surface area contributed by atoms with Crippen LogP contribution in [0.1, 0.15) is 35.5 Å². The van der Waals surface area contributed by atoms with Gasteiger partial charge in [0.1, 0.15) is 22.3 Å². The van der Waals surface area contributed by atoms with Crippen molar-refractivity contribution in [2.75, 3.05) is 0 Å². The topological polar surface area (TPSA) is 131 Å². The molecule has 0 radical (unpaired) electrons. The number of fused-ring (bicyclic) bond motifs is 5. The van der Waals surface area contributed by atoms with E-state index in [9.17, 15) is 22.6 Å². The predicted octanol–water partition coefficient (Wildman–Crippen LogP) is 3.34. The summed E-state index contributed by atoms with van der Waals surface area (Å²) in [6.07, 6.45) is 0. The smallest absolute Gasteiger partial charge is 0.371 e. The predicted molar refractivity (Wildman–Crippen MR) is 103 cm³/mol. The molecular weight excluding hydrogens is 400 g/mol. The number of carboxylic acids is 1. The molecule has 0 unspecified atom stereocenters. The highest BCUT2D eigenvalue weighted by atomic mass is 32.2. The second-order valence-corrected chi connectivity index (χ2v) is 8.77. The fraction of sp³-hybridized carbons (Fsp3) is 0.200. The van der Waals surface area contributed by atoms with Crippen LogP contribution < -0.4 is 10.2 Å². The number of rotatable bonds is 2. The molecule has 2 aromatic carbocycles. The molecular formula is C20H16O8S. The standard InChI is InChI=1S/C20H16O8S/c1-9-6-12-11-5-4-10(29(24,25)26)7-13(11)20(2,3)28-18(12)16-14(21)8-15(19(22)23)27-17(9)16/h4-8H,1-3H3,(H,22,23)(H,24,25,26). The second-order valence-electron chi connectivity index (χ2n) is 7.35. The van der Waals surface area contributed by atoms with Gasteiger partial charge in [-0.2, -0.15) is 8.42 Å². The first-order valence-electron chi connectivity index (χ1n) is 8.56. The van der Waals surface area contributed by atoms with Gasteiger partial charge in [-0.3, -0.25) is 9.35 Å². The van der Waals surface area contributed by atoms with Crippen molar-refractivity contribution in [1.82, 2.24) is 0 Å². The average molecular weight is 416 g/mol. The maximum Gasteiger partial charge on any atom is 0.371 e. The first-order valence-corrected chi connectivity index (χ1v) is 10.0. The van der Waals surface area contributed by atoms with Gasteiger partial charge in [-0.25, -0.2) is 4.79 Å². The van der Waals surface area contributed by atoms with Gasteiger partial charge in [0.15, 0.2) is 5.43 Å². The minimum Gasteiger partial charge on any atom is -0.482 e. The van der Waals surface area contributed by atoms with Gasteiger partial charge >= 0.3 is 5.97 Å². The molecule has 0 amide bonds. The molecule has 2 heterocycles. The highest BCUT2D eigenvalue weighted by molar-refractivity contribution is 7.85. The van der Waals surface area contributed by atoms with Crippen LogP contribution in [-0.4, -0.2) is 24.0 Å². The summed E-state index contributed by atoms with van der Waals surface area (Å²) in [5.41, 5.74) is 0.734. The van der Waals surface area contributed by atoms with E-state index < -0.39 is 32.9 Å². The molecule has 1 aliphatic rings. The molecule has 2 N–H and O–H groups in total. The van der Waals surface area contributed by atoms with E-state index in [0.717, 1.165) is 6.07 Å². The van der Waals surface area contributed by atoms with Crippen molar-refractivity contribution in [3.05, 3.63) is 57.4 Å². The van der Waals surface area contributed by atoms with Crippen LogP contribution in [0.5, 0.6) is 5.75 Å². The van der Waals surface area contributed by atoms with Crippen LogP contribution in [-0.2, 0) is 15.7 Å². The lowest BCUT2D eigenvalue weighted by Gasteiger charge is -2.35. The molecule has 3 aromatic rings. The third kappa shape index (κ3) is 2.90. The molecule has 1 aromatic heterocycles. The number of hydrogen-bond acceptors (Lipinski definition) is 6. The highest BCUT2D eigenvalue weighted by Gasteiger charge is 2.36. The van der Waals surface area contributed by atoms with Crippen molar-refractivity contribution < 1.29 is 32.0 Å². The Morgan fingerprint density at radius 3 is 2.41 bits per heavy atom. The minimum absolute atomic E-state index is 0.113. The lowest BCUT2D eigenvalue weighted by atomic mass is 9.85. The van der Waals surface area contributed by atoms with Crippen molar-refractivity contribution in [2.45, 2.75) is 31.3 Å². The van der Waals surface area contributed by atoms with Gasteiger partial charge in [-0.05, 0) is 50.1 Å². The zero-order valence-electron chi connectivity index (χ0n) is 15.6. The SMILES string of the molecule is Cc1cc2c(c3c(=O)cc(C(=O)O)oc13)OC(C)(C)c1cc(S(=O)(=O)O)ccc1-2. The molecule has 0 saturated carbocycles. The van der Waals surface area contributed by atoms with E-state index in [-0.39, 0.29) is 21.6 Å². The molecule has 4 rings (SSSR count). The van der Waals surface area contributed by atoms with Crippen LogP contribution >= 0.6 is 0 Å². The summed E-state index contributed by atoms with van der Waals surface area (Å²) in [5, 5.41) is 9.28. The van der Waals surface area contributed by atoms with E-state index in [1.54, 1.807) is 32.9 Å². The molecule has 9 heteroatoms. The number of carboxylic acid groups (broad SMARTS) is 1. The summed E-state index contributed by atoms with van der Waals surface area (Å²) >= 11 is 0. The largest absolute Gasteiger partial charge is 0.482 e. The molecule has 0 atom stereocenters. The third-order valence-corrected chi connectivity index (χ3v) is 5.78. The van der Waals surface area contributed by atoms with Gasteiger partial charge in [0.25, 0.3) is 10.1 Å². The van der Waals surface area contributed by atoms with Gasteiger partial charge in [-0.15, -0.1) is 0 Å². The molecule has 1 aliphatic heterocycles. The molecule has 0 saturated heterocycles. The Labute approximate surface area is 165 Å². The lowest BCUT2D eigenvalue weighted by molar-refractivity contribution is 0.0662. The monoisotopic (exact) mass is 416 g/mol. The van der Waals surface area contributed by atoms with Crippen LogP contribution in [0.15, 0.2) is 44.4 Å². The lowest BCUT2D eigenvalue weighted by Crippen LogP contribution is -2.30. The van der Waals surface area contributed by atoms with Gasteiger partial charge < -0.3 is 14.3 Å². The van der Waals surface area contributed by atoms with Crippen molar-refractivity contribution in [1.29, 1.82) is 0 Å². The summed E-state index contributed by atoms with van der Waals surface area (Å²) in [6.45, 7) is 5.06. The van der Waals surface area contributed by atoms with E-state index in [2.05, 4.69) is 0 Å². The van der Waals surface area contributed by atoms with Crippen LogP contribution in [0.4, 0.5) is 0 Å². The van der Waals surface area contributed by atoms with E-state index in [0.29, 0.717) is 22.3 Å². The summed E-state index contributed by atoms with van der Waals surface area (Å²) in [6, 6.07) is 6.74. The third-order valence-electron chi connectivity index (χ3n) is 4.93. The zero-order chi connectivity index (χ0) is 21.3. The highest BCUT2D eigenvalue weighted by Crippen LogP contribution is 2.48. The van der Waals surface area contributed by atoms with Gasteiger partial charge in [0, 0.05) is 17.2 Å². The fourth-order valence-corrected chi connectivity index (χ4v) is 4.11. The van der Waals surface area contributed by atoms with Gasteiger partial charge in [0.05, 0.1) is 4.90 Å². The molecule has 29 heavy (non-hydrogen) atoms. The first kappa shape index (κ1) is 19.2. The Bertz CT molecular complexity index is 1380. The number of carbonyl (C=O) groups is 1. The maximum atomic E-state index is 12.7. The van der Waals surface area contributed by atoms with E-state index in [1.165, 1.54) is 12.1 Å². The second kappa shape index (κ2) is 5.91. The number of benzene rings is 2. The van der Waals surface area contributed by atoms with Gasteiger partial charge in [-0.1, -0.05) is 6.07 Å². The van der Waals surface area contributed by atoms with E-state index >= 15 is 0 Å². The van der Waals surface area contributed by atoms with E-state index in [4.69, 9.17) is 14.3 Å². The fourth-order valence-electron chi connectivity index (χ4n) is 3.61. The number of ether oxygens (including phenoxy) is 1. The quantitative estimate of drug-likeness (QED) is 0.608. The van der Waals surface area contributed by atoms with Crippen molar-refractivity contribution in [3.63, 3.8) is 0 Å². The molecule has 150 valence electrons. The molecule has 8 nitrogen and oxygen atoms in total. The van der Waals surface area contributed by atoms with Crippen molar-refractivity contribution >= 4 is 27.1 Å². The Kier molecular flexibility index (Phi) is 3.91. The Morgan fingerprint density at radius 2 is 1.79 bits per heavy atom. The van der Waals surface area contributed by atoms with Crippen LogP contribution in [0, 0.1) is 6.92 Å². The minimum atomic E-state index is -4.40. The number of aromatic carboxylic acids is 1. The first-order chi connectivity index (χ1) is 13.4. The summed E-state index contributed by atoms with van der Waals surface area (Å²) in [7, 11) is -4.40. The Balaban J connectivity index is 2.11. The maximum absolute atomic E-state index is 12.7. The normalized spacial score (nSPS) is 14.8. The van der Waals surface area contributed by atoms with Crippen molar-refractivity contribution in [2.24, 2.45) is 0 Å². The zero-order valence-corrected chi connectivity index (χ0v) is 16.5. The molecule has 0 bridgehead atoms. The molecule has 0 spiro atoms. The Morgan fingerprint density at radius 1 is 1.10 bits per heavy atom. The Hall–Kier alpha value is -3.17. The van der Waals surface area contributed by atoms with Gasteiger partial charge in [0.2, 0.25) is 5.76 Å². The summed E-state index contributed by atoms with van der Waals surface area (Å²) in [5.74, 6) is -1.60. The number of hydrogen-bond donors (Lipinski definition) is 2. The molecule has 0 aliphatic carbocycles. The average Bonchev–Trinajstić information content (AvgIpc) is 2.61. The van der Waals surface area contributed by atoms with E-state index in [1.807, 2.05) is 0 Å². The summed E-state index contributed by atoms with van der Waals surface area (Å²) in [4.78, 5) is 23.7. The van der Waals surface area contributed by atoms with Crippen molar-refractivity contribution in [3.8, 4) is 16.9 Å². The summed E-state index contributed by atoms with van der Waals surface area (Å²) < 4.78 is 44.0. The van der Waals surface area contributed by atoms with Crippen LogP contribution in [0.3, 0.4) is 0 Å². The molecule has 0 fully saturated rings. The van der Waals surface area contributed by atoms with Crippen LogP contribution in [0.2, 0.25) is 0 Å². The van der Waals surface area contributed by atoms with Crippen LogP contribution in [0.25, 0.3) is 22.1 Å². The number of aryl methyl sites for hydroxylation is 1.